The average Bonchev–Trinajstić information content (AvgIpc) is 2.60. The molecule has 4 heteroatoms. The van der Waals surface area contributed by atoms with Crippen LogP contribution < -0.4 is 5.73 Å². The Bertz CT molecular complexity index is 669. The second kappa shape index (κ2) is 5.04. The van der Waals surface area contributed by atoms with E-state index in [0.717, 1.165) is 22.5 Å². The van der Waals surface area contributed by atoms with Crippen molar-refractivity contribution in [3.05, 3.63) is 41.2 Å². The van der Waals surface area contributed by atoms with Gasteiger partial charge in [0.2, 0.25) is 0 Å². The lowest BCUT2D eigenvalue weighted by atomic mass is 10.00. The van der Waals surface area contributed by atoms with Gasteiger partial charge in [-0.25, -0.2) is 0 Å². The van der Waals surface area contributed by atoms with Crippen molar-refractivity contribution in [1.82, 2.24) is 4.57 Å². The Morgan fingerprint density at radius 1 is 1.25 bits per heavy atom. The fourth-order valence-electron chi connectivity index (χ4n) is 2.95. The Morgan fingerprint density at radius 3 is 2.40 bits per heavy atom. The zero-order valence-corrected chi connectivity index (χ0v) is 12.3. The number of rotatable bonds is 3. The number of benzene rings is 1. The van der Waals surface area contributed by atoms with Crippen LogP contribution in [0.4, 0.5) is 0 Å². The van der Waals surface area contributed by atoms with E-state index < -0.39 is 5.91 Å². The summed E-state index contributed by atoms with van der Waals surface area (Å²) in [7, 11) is 0. The van der Waals surface area contributed by atoms with Crippen molar-refractivity contribution in [3.8, 4) is 16.9 Å². The first-order chi connectivity index (χ1) is 9.34. The maximum atomic E-state index is 11.8. The van der Waals surface area contributed by atoms with Crippen molar-refractivity contribution in [2.75, 3.05) is 0 Å². The van der Waals surface area contributed by atoms with Crippen molar-refractivity contribution in [1.29, 1.82) is 0 Å². The van der Waals surface area contributed by atoms with Crippen LogP contribution in [0, 0.1) is 13.8 Å². The van der Waals surface area contributed by atoms with Gasteiger partial charge in [0.25, 0.3) is 5.91 Å². The molecule has 106 valence electrons. The van der Waals surface area contributed by atoms with E-state index in [1.54, 1.807) is 18.2 Å². The van der Waals surface area contributed by atoms with Crippen LogP contribution in [0.15, 0.2) is 24.3 Å². The summed E-state index contributed by atoms with van der Waals surface area (Å²) in [6, 6.07) is 7.13. The van der Waals surface area contributed by atoms with Gasteiger partial charge in [-0.05, 0) is 45.4 Å². The zero-order valence-electron chi connectivity index (χ0n) is 12.3. The molecule has 0 spiro atoms. The smallest absolute Gasteiger partial charge is 0.251 e. The predicted octanol–water partition coefficient (Wildman–Crippen LogP) is 3.16. The first-order valence-electron chi connectivity index (χ1n) is 6.65. The summed E-state index contributed by atoms with van der Waals surface area (Å²) in [6.07, 6.45) is 0. The van der Waals surface area contributed by atoms with Crippen LogP contribution in [0.3, 0.4) is 0 Å². The summed E-state index contributed by atoms with van der Waals surface area (Å²) in [6.45, 7) is 8.01. The monoisotopic (exact) mass is 272 g/mol. The topological polar surface area (TPSA) is 68.2 Å². The highest BCUT2D eigenvalue weighted by Gasteiger charge is 2.23. The van der Waals surface area contributed by atoms with Crippen molar-refractivity contribution in [3.63, 3.8) is 0 Å². The molecule has 0 fully saturated rings. The summed E-state index contributed by atoms with van der Waals surface area (Å²) in [5.41, 5.74) is 9.54. The van der Waals surface area contributed by atoms with Gasteiger partial charge >= 0.3 is 0 Å². The van der Waals surface area contributed by atoms with Gasteiger partial charge in [0.05, 0.1) is 5.56 Å². The van der Waals surface area contributed by atoms with Gasteiger partial charge in [0.15, 0.2) is 0 Å². The summed E-state index contributed by atoms with van der Waals surface area (Å²) in [4.78, 5) is 11.8. The number of amides is 1. The number of phenols is 1. The van der Waals surface area contributed by atoms with E-state index in [-0.39, 0.29) is 11.8 Å². The van der Waals surface area contributed by atoms with Crippen molar-refractivity contribution in [2.45, 2.75) is 33.7 Å². The van der Waals surface area contributed by atoms with Crippen LogP contribution in [0.25, 0.3) is 11.1 Å². The largest absolute Gasteiger partial charge is 0.508 e. The third kappa shape index (κ3) is 2.18. The minimum Gasteiger partial charge on any atom is -0.508 e. The molecule has 0 radical (unpaired) electrons. The molecule has 0 saturated heterocycles. The molecule has 1 aromatic heterocycles. The minimum atomic E-state index is -0.441. The van der Waals surface area contributed by atoms with Crippen LogP contribution >= 0.6 is 0 Å². The lowest BCUT2D eigenvalue weighted by Gasteiger charge is -2.13. The molecule has 3 N–H and O–H groups in total. The van der Waals surface area contributed by atoms with Crippen molar-refractivity contribution in [2.24, 2.45) is 5.73 Å². The molecular formula is C16H20N2O2. The number of hydrogen-bond acceptors (Lipinski definition) is 2. The highest BCUT2D eigenvalue weighted by atomic mass is 16.3. The van der Waals surface area contributed by atoms with E-state index >= 15 is 0 Å². The van der Waals surface area contributed by atoms with Gasteiger partial charge in [0.1, 0.15) is 5.75 Å². The van der Waals surface area contributed by atoms with E-state index in [2.05, 4.69) is 18.4 Å². The number of aromatic hydroxyl groups is 1. The maximum Gasteiger partial charge on any atom is 0.251 e. The molecule has 1 amide bonds. The molecule has 0 aliphatic carbocycles. The molecule has 2 rings (SSSR count). The Hall–Kier alpha value is -2.23. The van der Waals surface area contributed by atoms with Crippen LogP contribution in [0.1, 0.15) is 41.6 Å². The predicted molar refractivity (Wildman–Crippen MR) is 79.9 cm³/mol. The number of primary amides is 1. The second-order valence-corrected chi connectivity index (χ2v) is 5.30. The van der Waals surface area contributed by atoms with Gasteiger partial charge in [-0.3, -0.25) is 4.79 Å². The number of nitrogens with two attached hydrogens (primary N) is 1. The lowest BCUT2D eigenvalue weighted by molar-refractivity contribution is 0.1000. The van der Waals surface area contributed by atoms with E-state index in [4.69, 9.17) is 5.73 Å². The van der Waals surface area contributed by atoms with Crippen molar-refractivity contribution >= 4 is 5.91 Å². The first kappa shape index (κ1) is 14.2. The molecule has 0 saturated carbocycles. The number of aromatic nitrogens is 1. The fraction of sp³-hybridized carbons (Fsp3) is 0.312. The minimum absolute atomic E-state index is 0.173. The SMILES string of the molecule is Cc1c(C(N)=O)c(-c2cccc(O)c2)c(C)n1C(C)C. The van der Waals surface area contributed by atoms with Crippen molar-refractivity contribution < 1.29 is 9.90 Å². The standard InChI is InChI=1S/C16H20N2O2/c1-9(2)18-10(3)14(15(11(18)4)16(17)20)12-6-5-7-13(19)8-12/h5-9,19H,1-4H3,(H2,17,20). The Morgan fingerprint density at radius 2 is 1.90 bits per heavy atom. The molecule has 2 aromatic rings. The second-order valence-electron chi connectivity index (χ2n) is 5.30. The molecule has 0 atom stereocenters. The summed E-state index contributed by atoms with van der Waals surface area (Å²) in [5, 5.41) is 9.66. The van der Waals surface area contributed by atoms with Crippen LogP contribution in [0.5, 0.6) is 5.75 Å². The quantitative estimate of drug-likeness (QED) is 0.901. The fourth-order valence-corrected chi connectivity index (χ4v) is 2.95. The van der Waals surface area contributed by atoms with E-state index in [1.807, 2.05) is 19.9 Å². The Balaban J connectivity index is 2.81. The number of phenolic OH excluding ortho intramolecular Hbond substituents is 1. The third-order valence-corrected chi connectivity index (χ3v) is 3.59. The Kier molecular flexibility index (Phi) is 3.57. The average molecular weight is 272 g/mol. The van der Waals surface area contributed by atoms with Gasteiger partial charge in [-0.1, -0.05) is 12.1 Å². The molecule has 0 aliphatic rings. The van der Waals surface area contributed by atoms with E-state index in [9.17, 15) is 9.90 Å². The highest BCUT2D eigenvalue weighted by molar-refractivity contribution is 6.02. The third-order valence-electron chi connectivity index (χ3n) is 3.59. The number of nitrogens with zero attached hydrogens (tertiary/aromatic N) is 1. The van der Waals surface area contributed by atoms with Crippen LogP contribution in [0.2, 0.25) is 0 Å². The van der Waals surface area contributed by atoms with Gasteiger partial charge in [-0.15, -0.1) is 0 Å². The summed E-state index contributed by atoms with van der Waals surface area (Å²) in [5.74, 6) is -0.268. The molecule has 4 nitrogen and oxygen atoms in total. The molecule has 0 unspecified atom stereocenters. The number of carbonyl (C=O) groups is 1. The molecular weight excluding hydrogens is 252 g/mol. The normalized spacial score (nSPS) is 11.1. The highest BCUT2D eigenvalue weighted by Crippen LogP contribution is 2.35. The van der Waals surface area contributed by atoms with E-state index in [0.29, 0.717) is 5.56 Å². The van der Waals surface area contributed by atoms with Gasteiger partial charge < -0.3 is 15.4 Å². The number of carbonyl (C=O) groups excluding carboxylic acids is 1. The van der Waals surface area contributed by atoms with E-state index in [1.165, 1.54) is 0 Å². The Labute approximate surface area is 118 Å². The molecule has 1 heterocycles. The zero-order chi connectivity index (χ0) is 15.0. The molecule has 1 aromatic carbocycles. The summed E-state index contributed by atoms with van der Waals surface area (Å²) >= 11 is 0. The number of hydrogen-bond donors (Lipinski definition) is 2. The van der Waals surface area contributed by atoms with Gasteiger partial charge in [-0.2, -0.15) is 0 Å². The first-order valence-corrected chi connectivity index (χ1v) is 6.65. The van der Waals surface area contributed by atoms with Gasteiger partial charge in [0, 0.05) is 23.0 Å². The summed E-state index contributed by atoms with van der Waals surface area (Å²) < 4.78 is 2.10. The molecule has 0 bridgehead atoms. The maximum absolute atomic E-state index is 11.8. The van der Waals surface area contributed by atoms with Crippen LogP contribution in [-0.4, -0.2) is 15.6 Å². The lowest BCUT2D eigenvalue weighted by Crippen LogP contribution is -2.14. The molecule has 0 aliphatic heterocycles. The molecule has 20 heavy (non-hydrogen) atoms. The van der Waals surface area contributed by atoms with Crippen LogP contribution in [-0.2, 0) is 0 Å².